The Morgan fingerprint density at radius 1 is 0.567 bits per heavy atom. The number of nitrogens with zero attached hydrogens (tertiary/aromatic N) is 6. The van der Waals surface area contributed by atoms with Crippen molar-refractivity contribution in [3.8, 4) is 0 Å². The lowest BCUT2D eigenvalue weighted by Crippen LogP contribution is -2.16. The highest BCUT2D eigenvalue weighted by molar-refractivity contribution is 5.23. The van der Waals surface area contributed by atoms with Crippen LogP contribution in [0, 0.1) is 0 Å². The minimum Gasteiger partial charge on any atom is -0.313 e. The summed E-state index contributed by atoms with van der Waals surface area (Å²) in [6, 6.07) is 16.4. The van der Waals surface area contributed by atoms with E-state index < -0.39 is 0 Å². The van der Waals surface area contributed by atoms with Gasteiger partial charge in [-0.1, -0.05) is 71.6 Å². The Morgan fingerprint density at radius 3 is 1.30 bits per heavy atom. The second kappa shape index (κ2) is 14.9. The first-order valence-electron chi connectivity index (χ1n) is 10.4. The molecule has 0 saturated carbocycles. The Bertz CT molecular complexity index is 748. The number of hydrogen-bond donors (Lipinski definition) is 2. The molecule has 158 valence electrons. The van der Waals surface area contributed by atoms with Gasteiger partial charge in [-0.3, -0.25) is 0 Å². The first-order chi connectivity index (χ1) is 14.8. The molecule has 0 fully saturated rings. The molecule has 0 radical (unpaired) electrons. The van der Waals surface area contributed by atoms with Crippen LogP contribution in [0.15, 0.2) is 58.8 Å². The van der Waals surface area contributed by atoms with Gasteiger partial charge in [0.1, 0.15) is 0 Å². The molecule has 0 aliphatic carbocycles. The Kier molecular flexibility index (Phi) is 11.6. The van der Waals surface area contributed by atoms with E-state index in [-0.39, 0.29) is 0 Å². The zero-order chi connectivity index (χ0) is 21.3. The van der Waals surface area contributed by atoms with E-state index in [0.717, 1.165) is 37.3 Å². The van der Waals surface area contributed by atoms with Crippen LogP contribution in [0.25, 0.3) is 20.9 Å². The lowest BCUT2D eigenvalue weighted by molar-refractivity contribution is 0.563. The molecule has 0 aromatic heterocycles. The Morgan fingerprint density at radius 2 is 0.933 bits per heavy atom. The lowest BCUT2D eigenvalue weighted by atomic mass is 10.1. The molecule has 8 nitrogen and oxygen atoms in total. The molecular weight excluding hydrogens is 376 g/mol. The van der Waals surface area contributed by atoms with Gasteiger partial charge in [0.15, 0.2) is 0 Å². The van der Waals surface area contributed by atoms with E-state index in [2.05, 4.69) is 55.0 Å². The zero-order valence-electron chi connectivity index (χ0n) is 17.4. The molecule has 0 aliphatic rings. The summed E-state index contributed by atoms with van der Waals surface area (Å²) in [5.74, 6) is 0. The van der Waals surface area contributed by atoms with E-state index in [1.807, 2.05) is 24.3 Å². The minimum absolute atomic E-state index is 0.407. The third-order valence-corrected chi connectivity index (χ3v) is 4.79. The maximum atomic E-state index is 8.34. The summed E-state index contributed by atoms with van der Waals surface area (Å²) >= 11 is 0. The van der Waals surface area contributed by atoms with Crippen molar-refractivity contribution in [2.45, 2.75) is 51.9 Å². The van der Waals surface area contributed by atoms with Gasteiger partial charge in [0.25, 0.3) is 0 Å². The van der Waals surface area contributed by atoms with Crippen molar-refractivity contribution in [3.63, 3.8) is 0 Å². The molecule has 0 spiro atoms. The fraction of sp³-hybridized carbons (Fsp3) is 0.455. The molecule has 2 rings (SSSR count). The lowest BCUT2D eigenvalue weighted by Gasteiger charge is -2.07. The highest BCUT2D eigenvalue weighted by Gasteiger charge is 1.97. The molecule has 2 N–H and O–H groups in total. The van der Waals surface area contributed by atoms with Crippen LogP contribution < -0.4 is 10.6 Å². The molecule has 2 aromatic carbocycles. The number of hydrogen-bond acceptors (Lipinski definition) is 4. The van der Waals surface area contributed by atoms with Crippen LogP contribution in [0.1, 0.15) is 47.9 Å². The van der Waals surface area contributed by atoms with Gasteiger partial charge in [-0.25, -0.2) is 0 Å². The van der Waals surface area contributed by atoms with Crippen LogP contribution in [0.4, 0.5) is 0 Å². The second-order valence-corrected chi connectivity index (χ2v) is 7.18. The highest BCUT2D eigenvalue weighted by atomic mass is 15.1. The van der Waals surface area contributed by atoms with Crippen LogP contribution in [0.2, 0.25) is 0 Å². The maximum Gasteiger partial charge on any atom is 0.0510 e. The van der Waals surface area contributed by atoms with E-state index in [9.17, 15) is 0 Å². The fourth-order valence-corrected chi connectivity index (χ4v) is 3.07. The number of azide groups is 2. The van der Waals surface area contributed by atoms with Crippen LogP contribution in [-0.4, -0.2) is 13.1 Å². The molecule has 2 aromatic rings. The van der Waals surface area contributed by atoms with Crippen molar-refractivity contribution in [2.24, 2.45) is 10.2 Å². The number of rotatable bonds is 15. The summed E-state index contributed by atoms with van der Waals surface area (Å²) in [6.07, 6.45) is 4.82. The molecule has 30 heavy (non-hydrogen) atoms. The number of benzene rings is 2. The number of nitrogens with one attached hydrogen (secondary N) is 2. The van der Waals surface area contributed by atoms with Crippen molar-refractivity contribution in [1.82, 2.24) is 10.6 Å². The smallest absolute Gasteiger partial charge is 0.0510 e. The average molecular weight is 407 g/mol. The molecule has 0 aliphatic heterocycles. The van der Waals surface area contributed by atoms with Crippen molar-refractivity contribution < 1.29 is 0 Å². The van der Waals surface area contributed by atoms with Gasteiger partial charge in [0.2, 0.25) is 0 Å². The van der Waals surface area contributed by atoms with E-state index in [0.29, 0.717) is 13.1 Å². The van der Waals surface area contributed by atoms with Gasteiger partial charge in [-0.15, -0.1) is 0 Å². The predicted octanol–water partition coefficient (Wildman–Crippen LogP) is 5.75. The number of unbranched alkanes of at least 4 members (excludes halogenated alkanes) is 3. The third-order valence-electron chi connectivity index (χ3n) is 4.79. The summed E-state index contributed by atoms with van der Waals surface area (Å²) in [7, 11) is 0. The first-order valence-corrected chi connectivity index (χ1v) is 10.4. The van der Waals surface area contributed by atoms with Gasteiger partial charge in [0, 0.05) is 22.9 Å². The summed E-state index contributed by atoms with van der Waals surface area (Å²) in [6.45, 7) is 4.59. The van der Waals surface area contributed by atoms with Crippen molar-refractivity contribution in [3.05, 3.63) is 91.7 Å². The van der Waals surface area contributed by atoms with Crippen LogP contribution >= 0.6 is 0 Å². The molecule has 0 unspecified atom stereocenters. The third kappa shape index (κ3) is 9.96. The molecule has 0 amide bonds. The van der Waals surface area contributed by atoms with Crippen molar-refractivity contribution in [2.75, 3.05) is 13.1 Å². The molecule has 0 bridgehead atoms. The molecule has 8 heteroatoms. The van der Waals surface area contributed by atoms with Crippen LogP contribution in [0.3, 0.4) is 0 Å². The van der Waals surface area contributed by atoms with Crippen LogP contribution in [0.5, 0.6) is 0 Å². The zero-order valence-corrected chi connectivity index (χ0v) is 17.4. The predicted molar refractivity (Wildman–Crippen MR) is 120 cm³/mol. The molecule has 0 saturated heterocycles. The van der Waals surface area contributed by atoms with E-state index >= 15 is 0 Å². The Balaban J connectivity index is 1.44. The van der Waals surface area contributed by atoms with Crippen molar-refractivity contribution >= 4 is 0 Å². The molecule has 0 atom stereocenters. The van der Waals surface area contributed by atoms with Crippen LogP contribution in [-0.2, 0) is 26.2 Å². The SMILES string of the molecule is [N-]=[N+]=NCc1ccc(CNCCCCCCNCc2ccc(CN=[N+]=[N-])cc2)cc1. The molecule has 0 heterocycles. The normalized spacial score (nSPS) is 10.3. The Hall–Kier alpha value is -3.02. The quantitative estimate of drug-likeness (QED) is 0.169. The fourth-order valence-electron chi connectivity index (χ4n) is 3.07. The van der Waals surface area contributed by atoms with Crippen molar-refractivity contribution in [1.29, 1.82) is 0 Å². The highest BCUT2D eigenvalue weighted by Crippen LogP contribution is 2.07. The largest absolute Gasteiger partial charge is 0.313 e. The van der Waals surface area contributed by atoms with E-state index in [1.165, 1.54) is 36.8 Å². The van der Waals surface area contributed by atoms with Gasteiger partial charge in [-0.2, -0.15) is 0 Å². The van der Waals surface area contributed by atoms with Gasteiger partial charge < -0.3 is 10.6 Å². The average Bonchev–Trinajstić information content (AvgIpc) is 2.79. The minimum atomic E-state index is 0.407. The summed E-state index contributed by atoms with van der Waals surface area (Å²) in [4.78, 5) is 5.55. The van der Waals surface area contributed by atoms with Gasteiger partial charge >= 0.3 is 0 Å². The second-order valence-electron chi connectivity index (χ2n) is 7.18. The standard InChI is InChI=1S/C22H30N8/c23-29-27-17-21-9-5-19(6-10-21)15-25-13-3-1-2-4-14-26-16-20-7-11-22(12-8-20)18-28-30-24/h5-12,25-26H,1-4,13-18H2. The first kappa shape index (κ1) is 23.3. The maximum absolute atomic E-state index is 8.34. The van der Waals surface area contributed by atoms with Gasteiger partial charge in [-0.05, 0) is 59.2 Å². The Labute approximate surface area is 178 Å². The van der Waals surface area contributed by atoms with Gasteiger partial charge in [0.05, 0.1) is 13.1 Å². The van der Waals surface area contributed by atoms with E-state index in [1.54, 1.807) is 0 Å². The summed E-state index contributed by atoms with van der Waals surface area (Å²) < 4.78 is 0. The topological polar surface area (TPSA) is 122 Å². The van der Waals surface area contributed by atoms with E-state index in [4.69, 9.17) is 11.1 Å². The summed E-state index contributed by atoms with van der Waals surface area (Å²) in [5, 5.41) is 14.1. The summed E-state index contributed by atoms with van der Waals surface area (Å²) in [5.41, 5.74) is 21.2. The molecular formula is C22H30N8. The monoisotopic (exact) mass is 406 g/mol.